The van der Waals surface area contributed by atoms with E-state index in [1.165, 1.54) is 0 Å². The molecule has 1 N–H and O–H groups in total. The number of piperidine rings is 1. The molecule has 2 fully saturated rings. The molecule has 5 rings (SSSR count). The summed E-state index contributed by atoms with van der Waals surface area (Å²) in [4.78, 5) is 25.4. The van der Waals surface area contributed by atoms with Gasteiger partial charge in [-0.2, -0.15) is 9.78 Å². The van der Waals surface area contributed by atoms with Crippen LogP contribution in [0.1, 0.15) is 74.1 Å². The summed E-state index contributed by atoms with van der Waals surface area (Å²) >= 11 is 0. The highest BCUT2D eigenvalue weighted by molar-refractivity contribution is 6.07. The van der Waals surface area contributed by atoms with E-state index in [-0.39, 0.29) is 17.5 Å². The van der Waals surface area contributed by atoms with Gasteiger partial charge in [-0.15, -0.1) is 0 Å². The molecular formula is C25H32N6O. The number of aryl methyl sites for hydroxylation is 1. The van der Waals surface area contributed by atoms with Crippen molar-refractivity contribution < 1.29 is 4.79 Å². The van der Waals surface area contributed by atoms with E-state index in [4.69, 9.17) is 10.1 Å². The van der Waals surface area contributed by atoms with Gasteiger partial charge in [-0.25, -0.2) is 9.97 Å². The van der Waals surface area contributed by atoms with Crippen LogP contribution in [0.15, 0.2) is 30.5 Å². The van der Waals surface area contributed by atoms with E-state index in [0.29, 0.717) is 17.3 Å². The Balaban J connectivity index is 1.47. The van der Waals surface area contributed by atoms with Crippen LogP contribution in [0.5, 0.6) is 0 Å². The molecule has 1 aliphatic heterocycles. The highest BCUT2D eigenvalue weighted by Gasteiger charge is 2.31. The van der Waals surface area contributed by atoms with E-state index in [0.717, 1.165) is 61.2 Å². The molecule has 1 amide bonds. The predicted molar refractivity (Wildman–Crippen MR) is 125 cm³/mol. The number of pyridine rings is 2. The molecule has 2 aliphatic rings. The summed E-state index contributed by atoms with van der Waals surface area (Å²) in [6, 6.07) is 7.93. The minimum absolute atomic E-state index is 0.0165. The highest BCUT2D eigenvalue weighted by atomic mass is 16.1. The maximum absolute atomic E-state index is 13.5. The van der Waals surface area contributed by atoms with Gasteiger partial charge in [0.05, 0.1) is 16.6 Å². The zero-order chi connectivity index (χ0) is 22.5. The van der Waals surface area contributed by atoms with Crippen LogP contribution in [0.4, 0.5) is 0 Å². The molecule has 0 aromatic carbocycles. The van der Waals surface area contributed by atoms with Gasteiger partial charge in [0.25, 0.3) is 5.91 Å². The number of aromatic nitrogens is 4. The second kappa shape index (κ2) is 7.96. The van der Waals surface area contributed by atoms with Gasteiger partial charge in [-0.3, -0.25) is 9.69 Å². The quantitative estimate of drug-likeness (QED) is 0.675. The predicted octanol–water partition coefficient (Wildman–Crippen LogP) is 3.99. The lowest BCUT2D eigenvalue weighted by Crippen LogP contribution is -2.50. The smallest absolute Gasteiger partial charge is 0.252 e. The lowest BCUT2D eigenvalue weighted by atomic mass is 9.97. The normalized spacial score (nSPS) is 18.2. The zero-order valence-electron chi connectivity index (χ0n) is 19.4. The Labute approximate surface area is 189 Å². The van der Waals surface area contributed by atoms with Crippen LogP contribution in [0.2, 0.25) is 0 Å². The zero-order valence-corrected chi connectivity index (χ0v) is 19.4. The Morgan fingerprint density at radius 3 is 2.50 bits per heavy atom. The summed E-state index contributed by atoms with van der Waals surface area (Å²) < 4.78 is 1.77. The van der Waals surface area contributed by atoms with E-state index in [9.17, 15) is 4.79 Å². The largest absolute Gasteiger partial charge is 0.349 e. The molecule has 0 bridgehead atoms. The Bertz CT molecular complexity index is 1130. The Hall–Kier alpha value is -2.80. The SMILES string of the molecule is Cc1nn(-c2ccccn2)c2nc(C3CC3)cc(C(=O)NC3CCN(C(C)(C)C)CC3)c12. The summed E-state index contributed by atoms with van der Waals surface area (Å²) in [5.41, 5.74) is 3.37. The lowest BCUT2D eigenvalue weighted by molar-refractivity contribution is 0.0813. The van der Waals surface area contributed by atoms with Gasteiger partial charge in [-0.05, 0) is 71.6 Å². The van der Waals surface area contributed by atoms with Crippen molar-refractivity contribution in [1.82, 2.24) is 30.0 Å². The average molecular weight is 433 g/mol. The van der Waals surface area contributed by atoms with E-state index in [1.807, 2.05) is 31.2 Å². The maximum atomic E-state index is 13.5. The molecule has 7 heteroatoms. The molecule has 32 heavy (non-hydrogen) atoms. The third kappa shape index (κ3) is 4.01. The van der Waals surface area contributed by atoms with Crippen molar-refractivity contribution in [3.05, 3.63) is 47.4 Å². The van der Waals surface area contributed by atoms with Crippen LogP contribution >= 0.6 is 0 Å². The Kier molecular flexibility index (Phi) is 5.24. The maximum Gasteiger partial charge on any atom is 0.252 e. The number of hydrogen-bond acceptors (Lipinski definition) is 5. The van der Waals surface area contributed by atoms with Gasteiger partial charge >= 0.3 is 0 Å². The number of carbonyl (C=O) groups excluding carboxylic acids is 1. The summed E-state index contributed by atoms with van der Waals surface area (Å²) in [7, 11) is 0. The minimum atomic E-state index is -0.0165. The summed E-state index contributed by atoms with van der Waals surface area (Å²) in [5.74, 6) is 1.14. The third-order valence-corrected chi connectivity index (χ3v) is 6.72. The van der Waals surface area contributed by atoms with Crippen LogP contribution in [-0.2, 0) is 0 Å². The number of nitrogens with zero attached hydrogens (tertiary/aromatic N) is 5. The van der Waals surface area contributed by atoms with Crippen molar-refractivity contribution >= 4 is 16.9 Å². The molecule has 0 radical (unpaired) electrons. The van der Waals surface area contributed by atoms with Crippen molar-refractivity contribution in [2.24, 2.45) is 0 Å². The Morgan fingerprint density at radius 1 is 1.12 bits per heavy atom. The molecule has 1 aliphatic carbocycles. The van der Waals surface area contributed by atoms with Crippen LogP contribution in [0.3, 0.4) is 0 Å². The number of carbonyl (C=O) groups is 1. The first kappa shape index (κ1) is 21.1. The van der Waals surface area contributed by atoms with Crippen molar-refractivity contribution in [2.75, 3.05) is 13.1 Å². The monoisotopic (exact) mass is 432 g/mol. The van der Waals surface area contributed by atoms with Crippen molar-refractivity contribution in [3.8, 4) is 5.82 Å². The summed E-state index contributed by atoms with van der Waals surface area (Å²) in [6.45, 7) is 10.7. The van der Waals surface area contributed by atoms with Gasteiger partial charge in [0.15, 0.2) is 11.5 Å². The molecule has 3 aromatic heterocycles. The lowest BCUT2D eigenvalue weighted by Gasteiger charge is -2.41. The summed E-state index contributed by atoms with van der Waals surface area (Å²) in [5, 5.41) is 8.85. The van der Waals surface area contributed by atoms with E-state index >= 15 is 0 Å². The molecule has 1 saturated carbocycles. The van der Waals surface area contributed by atoms with Gasteiger partial charge < -0.3 is 5.32 Å². The highest BCUT2D eigenvalue weighted by Crippen LogP contribution is 2.40. The van der Waals surface area contributed by atoms with E-state index < -0.39 is 0 Å². The minimum Gasteiger partial charge on any atom is -0.349 e. The molecule has 7 nitrogen and oxygen atoms in total. The van der Waals surface area contributed by atoms with Gasteiger partial charge in [-0.1, -0.05) is 6.07 Å². The summed E-state index contributed by atoms with van der Waals surface area (Å²) in [6.07, 6.45) is 5.95. The van der Waals surface area contributed by atoms with Crippen molar-refractivity contribution in [1.29, 1.82) is 0 Å². The van der Waals surface area contributed by atoms with Crippen LogP contribution in [0, 0.1) is 6.92 Å². The number of fused-ring (bicyclic) bond motifs is 1. The van der Waals surface area contributed by atoms with Gasteiger partial charge in [0.2, 0.25) is 0 Å². The second-order valence-electron chi connectivity index (χ2n) is 10.2. The molecule has 168 valence electrons. The molecule has 1 saturated heterocycles. The van der Waals surface area contributed by atoms with E-state index in [1.54, 1.807) is 10.9 Å². The first-order chi connectivity index (χ1) is 15.3. The molecule has 3 aromatic rings. The Morgan fingerprint density at radius 2 is 1.88 bits per heavy atom. The van der Waals surface area contributed by atoms with Gasteiger partial charge in [0.1, 0.15) is 0 Å². The molecule has 0 spiro atoms. The molecular weight excluding hydrogens is 400 g/mol. The van der Waals surface area contributed by atoms with Crippen molar-refractivity contribution in [2.45, 2.75) is 70.9 Å². The molecule has 0 unspecified atom stereocenters. The van der Waals surface area contributed by atoms with Crippen LogP contribution < -0.4 is 5.32 Å². The fourth-order valence-corrected chi connectivity index (χ4v) is 4.67. The van der Waals surface area contributed by atoms with Crippen molar-refractivity contribution in [3.63, 3.8) is 0 Å². The topological polar surface area (TPSA) is 75.9 Å². The number of hydrogen-bond donors (Lipinski definition) is 1. The number of likely N-dealkylation sites (tertiary alicyclic amines) is 1. The second-order valence-corrected chi connectivity index (χ2v) is 10.2. The standard InChI is InChI=1S/C25H32N6O/c1-16-22-19(24(32)27-18-10-13-30(14-11-18)25(2,3)4)15-20(17-8-9-17)28-23(22)31(29-16)21-7-5-6-12-26-21/h5-7,12,15,17-18H,8-11,13-14H2,1-4H3,(H,27,32). The first-order valence-electron chi connectivity index (χ1n) is 11.7. The molecule has 0 atom stereocenters. The molecule has 4 heterocycles. The van der Waals surface area contributed by atoms with E-state index in [2.05, 4.69) is 36.0 Å². The first-order valence-corrected chi connectivity index (χ1v) is 11.7. The number of amides is 1. The number of rotatable bonds is 4. The van der Waals surface area contributed by atoms with Gasteiger partial charge in [0, 0.05) is 42.5 Å². The van der Waals surface area contributed by atoms with Crippen LogP contribution in [-0.4, -0.2) is 55.2 Å². The fraction of sp³-hybridized carbons (Fsp3) is 0.520. The van der Waals surface area contributed by atoms with Crippen LogP contribution in [0.25, 0.3) is 16.9 Å². The fourth-order valence-electron chi connectivity index (χ4n) is 4.67. The third-order valence-electron chi connectivity index (χ3n) is 6.72. The average Bonchev–Trinajstić information content (AvgIpc) is 3.57. The number of nitrogens with one attached hydrogen (secondary N) is 1.